The van der Waals surface area contributed by atoms with Crippen LogP contribution in [0.25, 0.3) is 0 Å². The quantitative estimate of drug-likeness (QED) is 0.369. The van der Waals surface area contributed by atoms with E-state index < -0.39 is 12.2 Å². The van der Waals surface area contributed by atoms with Crippen molar-refractivity contribution in [3.8, 4) is 0 Å². The van der Waals surface area contributed by atoms with Gasteiger partial charge in [0.15, 0.2) is 4.30 Å². The van der Waals surface area contributed by atoms with Crippen molar-refractivity contribution < 1.29 is 24.8 Å². The average Bonchev–Trinajstić information content (AvgIpc) is 2.58. The lowest BCUT2D eigenvalue weighted by molar-refractivity contribution is -0.001000. The average molecular weight is 453 g/mol. The van der Waals surface area contributed by atoms with Crippen molar-refractivity contribution in [2.45, 2.75) is 4.30 Å². The van der Waals surface area contributed by atoms with E-state index >= 15 is 0 Å². The highest BCUT2D eigenvalue weighted by atomic mass is 35.6. The molecule has 0 aliphatic rings. The van der Waals surface area contributed by atoms with E-state index in [1.54, 1.807) is 0 Å². The predicted octanol–water partition coefficient (Wildman–Crippen LogP) is -0.561. The maximum Gasteiger partial charge on any atom is 0.180 e. The number of rotatable bonds is 3. The largest absolute Gasteiger partial charge is 1.00 e. The second-order valence-corrected chi connectivity index (χ2v) is 8.79. The number of halogens is 5. The van der Waals surface area contributed by atoms with Crippen molar-refractivity contribution in [2.75, 3.05) is 0 Å². The number of alkyl halides is 3. The summed E-state index contributed by atoms with van der Waals surface area (Å²) in [5.41, 5.74) is 0. The molecule has 0 unspecified atom stereocenters. The number of benzene rings is 3. The van der Waals surface area contributed by atoms with Gasteiger partial charge in [0.2, 0.25) is 0 Å². The Morgan fingerprint density at radius 1 is 0.480 bits per heavy atom. The highest BCUT2D eigenvalue weighted by Gasteiger charge is 2.14. The van der Waals surface area contributed by atoms with Crippen molar-refractivity contribution >= 4 is 58.6 Å². The topological polar surface area (TPSA) is 0 Å². The Kier molecular flexibility index (Phi) is 13.5. The van der Waals surface area contributed by atoms with E-state index in [0.717, 1.165) is 0 Å². The van der Waals surface area contributed by atoms with Crippen LogP contribution in [-0.4, -0.2) is 4.30 Å². The fraction of sp³-hybridized carbons (Fsp3) is 0.0526. The molecule has 0 nitrogen and oxygen atoms in total. The molecule has 0 aliphatic heterocycles. The minimum atomic E-state index is -0.750. The zero-order valence-corrected chi connectivity index (χ0v) is 17.7. The van der Waals surface area contributed by atoms with E-state index in [9.17, 15) is 0 Å². The second kappa shape index (κ2) is 13.7. The van der Waals surface area contributed by atoms with Gasteiger partial charge in [-0.1, -0.05) is 126 Å². The Labute approximate surface area is 178 Å². The molecule has 25 heavy (non-hydrogen) atoms. The molecule has 0 N–H and O–H groups in total. The van der Waals surface area contributed by atoms with Gasteiger partial charge in [0.05, 0.1) is 0 Å². The van der Waals surface area contributed by atoms with E-state index in [2.05, 4.69) is 91.0 Å². The Balaban J connectivity index is 0.000000874. The normalized spacial score (nSPS) is 9.48. The summed E-state index contributed by atoms with van der Waals surface area (Å²) in [5.74, 6) is 0. The van der Waals surface area contributed by atoms with E-state index in [0.29, 0.717) is 0 Å². The van der Waals surface area contributed by atoms with Crippen LogP contribution in [0.5, 0.6) is 0 Å². The Bertz CT molecular complexity index is 581. The molecular formula is C19H16Cl5P-2. The molecule has 0 heterocycles. The van der Waals surface area contributed by atoms with E-state index in [-0.39, 0.29) is 24.8 Å². The van der Waals surface area contributed by atoms with Crippen molar-refractivity contribution in [3.63, 3.8) is 0 Å². The molecule has 3 rings (SSSR count). The molecule has 6 heteroatoms. The molecule has 0 saturated heterocycles. The van der Waals surface area contributed by atoms with Crippen LogP contribution in [0.2, 0.25) is 0 Å². The Morgan fingerprint density at radius 2 is 0.680 bits per heavy atom. The molecule has 0 aromatic heterocycles. The summed E-state index contributed by atoms with van der Waals surface area (Å²) in [5, 5.41) is 4.19. The molecule has 0 saturated carbocycles. The van der Waals surface area contributed by atoms with E-state index in [1.165, 1.54) is 15.9 Å². The smallest absolute Gasteiger partial charge is 0.180 e. The van der Waals surface area contributed by atoms with Gasteiger partial charge in [0, 0.05) is 0 Å². The predicted molar refractivity (Wildman–Crippen MR) is 106 cm³/mol. The fourth-order valence-corrected chi connectivity index (χ4v) is 4.48. The zero-order chi connectivity index (χ0) is 16.5. The first-order chi connectivity index (χ1) is 11.2. The van der Waals surface area contributed by atoms with Crippen LogP contribution in [0.3, 0.4) is 0 Å². The van der Waals surface area contributed by atoms with Crippen LogP contribution in [0, 0.1) is 0 Å². The van der Waals surface area contributed by atoms with Crippen LogP contribution in [0.1, 0.15) is 0 Å². The molecule has 0 fully saturated rings. The standard InChI is InChI=1S/C18H15P.CHCl3.2ClH/c1-4-10-16(11-5-1)19(17-12-6-2-7-13-17)18-14-8-3-9-15-18;2-1(3)4;;/h1-15H;1H;2*1H/p-2. The fourth-order valence-electron chi connectivity index (χ4n) is 2.18. The molecule has 3 aromatic carbocycles. The van der Waals surface area contributed by atoms with Gasteiger partial charge >= 0.3 is 0 Å². The first-order valence-electron chi connectivity index (χ1n) is 7.06. The molecule has 0 spiro atoms. The minimum Gasteiger partial charge on any atom is -1.00 e. The summed E-state index contributed by atoms with van der Waals surface area (Å²) in [6.07, 6.45) is 0. The van der Waals surface area contributed by atoms with Gasteiger partial charge in [-0.25, -0.2) is 0 Å². The highest BCUT2D eigenvalue weighted by molar-refractivity contribution is 7.79. The third kappa shape index (κ3) is 8.65. The molecule has 134 valence electrons. The van der Waals surface area contributed by atoms with Gasteiger partial charge < -0.3 is 24.8 Å². The Morgan fingerprint density at radius 3 is 0.880 bits per heavy atom. The van der Waals surface area contributed by atoms with Gasteiger partial charge in [0.1, 0.15) is 0 Å². The van der Waals surface area contributed by atoms with Gasteiger partial charge in [-0.2, -0.15) is 0 Å². The lowest BCUT2D eigenvalue weighted by atomic mass is 10.4. The van der Waals surface area contributed by atoms with Crippen LogP contribution >= 0.6 is 42.7 Å². The monoisotopic (exact) mass is 450 g/mol. The Hall–Kier alpha value is -0.460. The third-order valence-electron chi connectivity index (χ3n) is 3.04. The first-order valence-corrected chi connectivity index (χ1v) is 9.71. The first kappa shape index (κ1) is 24.5. The molecular weight excluding hydrogens is 436 g/mol. The maximum atomic E-state index is 4.81. The van der Waals surface area contributed by atoms with Crippen molar-refractivity contribution in [3.05, 3.63) is 91.0 Å². The van der Waals surface area contributed by atoms with E-state index in [4.69, 9.17) is 34.8 Å². The zero-order valence-electron chi connectivity index (χ0n) is 13.1. The summed E-state index contributed by atoms with van der Waals surface area (Å²) in [7, 11) is -0.446. The van der Waals surface area contributed by atoms with Crippen LogP contribution in [0.4, 0.5) is 0 Å². The molecule has 0 amide bonds. The summed E-state index contributed by atoms with van der Waals surface area (Å²) < 4.78 is -0.750. The van der Waals surface area contributed by atoms with Crippen LogP contribution in [0.15, 0.2) is 91.0 Å². The van der Waals surface area contributed by atoms with Gasteiger partial charge in [-0.15, -0.1) is 0 Å². The van der Waals surface area contributed by atoms with Crippen molar-refractivity contribution in [1.29, 1.82) is 0 Å². The van der Waals surface area contributed by atoms with E-state index in [1.807, 2.05) is 0 Å². The SMILES string of the molecule is ClC(Cl)Cl.[Cl-].[Cl-].c1ccc(P(c2ccccc2)c2ccccc2)cc1. The summed E-state index contributed by atoms with van der Waals surface area (Å²) >= 11 is 14.4. The highest BCUT2D eigenvalue weighted by Crippen LogP contribution is 2.32. The third-order valence-corrected chi connectivity index (χ3v) is 5.49. The maximum absolute atomic E-state index is 4.81. The molecule has 0 aliphatic carbocycles. The summed E-state index contributed by atoms with van der Waals surface area (Å²) in [4.78, 5) is 0. The van der Waals surface area contributed by atoms with Crippen molar-refractivity contribution in [2.24, 2.45) is 0 Å². The summed E-state index contributed by atoms with van der Waals surface area (Å²) in [6, 6.07) is 32.3. The number of hydrogen-bond acceptors (Lipinski definition) is 0. The molecule has 0 bridgehead atoms. The van der Waals surface area contributed by atoms with Crippen LogP contribution in [-0.2, 0) is 0 Å². The lowest BCUT2D eigenvalue weighted by Gasteiger charge is -2.18. The van der Waals surface area contributed by atoms with Crippen LogP contribution < -0.4 is 40.7 Å². The van der Waals surface area contributed by atoms with Gasteiger partial charge in [-0.3, -0.25) is 0 Å². The van der Waals surface area contributed by atoms with Gasteiger partial charge in [0.25, 0.3) is 0 Å². The lowest BCUT2D eigenvalue weighted by Crippen LogP contribution is -3.00. The van der Waals surface area contributed by atoms with Gasteiger partial charge in [-0.05, 0) is 23.8 Å². The number of hydrogen-bond donors (Lipinski definition) is 0. The second-order valence-electron chi connectivity index (χ2n) is 4.59. The molecule has 3 aromatic rings. The molecule has 0 atom stereocenters. The summed E-state index contributed by atoms with van der Waals surface area (Å²) in [6.45, 7) is 0. The minimum absolute atomic E-state index is 0. The molecule has 0 radical (unpaired) electrons. The van der Waals surface area contributed by atoms with Crippen molar-refractivity contribution in [1.82, 2.24) is 0 Å².